The summed E-state index contributed by atoms with van der Waals surface area (Å²) in [5.41, 5.74) is 2.23. The lowest BCUT2D eigenvalue weighted by Crippen LogP contribution is -2.11. The van der Waals surface area contributed by atoms with Crippen molar-refractivity contribution in [3.63, 3.8) is 0 Å². The summed E-state index contributed by atoms with van der Waals surface area (Å²) >= 11 is 5.96. The zero-order valence-electron chi connectivity index (χ0n) is 9.19. The number of hydrogen-bond donors (Lipinski definition) is 0. The van der Waals surface area contributed by atoms with Gasteiger partial charge in [-0.1, -0.05) is 30.9 Å². The third-order valence-corrected chi connectivity index (χ3v) is 3.74. The first kappa shape index (κ1) is 10.2. The summed E-state index contributed by atoms with van der Waals surface area (Å²) < 4.78 is 2.32. The molecule has 1 heterocycles. The van der Waals surface area contributed by atoms with Crippen LogP contribution in [-0.4, -0.2) is 9.55 Å². The number of fused-ring (bicyclic) bond motifs is 1. The van der Waals surface area contributed by atoms with E-state index in [0.29, 0.717) is 6.04 Å². The molecule has 0 bridgehead atoms. The summed E-state index contributed by atoms with van der Waals surface area (Å²) in [4.78, 5) is 4.43. The quantitative estimate of drug-likeness (QED) is 0.723. The van der Waals surface area contributed by atoms with Crippen LogP contribution in [0.15, 0.2) is 24.5 Å². The SMILES string of the molecule is Clc1ccc2c(c1)ncn2C1CCCCC1. The van der Waals surface area contributed by atoms with Crippen molar-refractivity contribution in [2.45, 2.75) is 38.1 Å². The summed E-state index contributed by atoms with van der Waals surface area (Å²) in [5, 5.41) is 0.765. The Bertz CT molecular complexity index is 498. The Balaban J connectivity index is 2.03. The lowest BCUT2D eigenvalue weighted by Gasteiger charge is -2.23. The zero-order chi connectivity index (χ0) is 11.0. The van der Waals surface area contributed by atoms with Crippen molar-refractivity contribution in [3.8, 4) is 0 Å². The molecule has 1 aliphatic carbocycles. The molecule has 16 heavy (non-hydrogen) atoms. The second-order valence-electron chi connectivity index (χ2n) is 4.58. The molecule has 0 radical (unpaired) electrons. The van der Waals surface area contributed by atoms with E-state index in [-0.39, 0.29) is 0 Å². The van der Waals surface area contributed by atoms with E-state index in [1.807, 2.05) is 18.5 Å². The highest BCUT2D eigenvalue weighted by Crippen LogP contribution is 2.31. The van der Waals surface area contributed by atoms with Gasteiger partial charge >= 0.3 is 0 Å². The molecule has 3 heteroatoms. The smallest absolute Gasteiger partial charge is 0.0960 e. The van der Waals surface area contributed by atoms with Gasteiger partial charge in [-0.05, 0) is 31.0 Å². The number of rotatable bonds is 1. The maximum atomic E-state index is 5.96. The van der Waals surface area contributed by atoms with Crippen LogP contribution in [0.5, 0.6) is 0 Å². The van der Waals surface area contributed by atoms with Gasteiger partial charge in [-0.25, -0.2) is 4.98 Å². The standard InChI is InChI=1S/C13H15ClN2/c14-10-6-7-13-12(8-10)15-9-16(13)11-4-2-1-3-5-11/h6-9,11H,1-5H2. The van der Waals surface area contributed by atoms with Gasteiger partial charge in [0.15, 0.2) is 0 Å². The Kier molecular flexibility index (Phi) is 2.60. The molecule has 3 rings (SSSR count). The van der Waals surface area contributed by atoms with Crippen LogP contribution in [-0.2, 0) is 0 Å². The van der Waals surface area contributed by atoms with Crippen LogP contribution in [0.2, 0.25) is 5.02 Å². The zero-order valence-corrected chi connectivity index (χ0v) is 9.95. The average Bonchev–Trinajstić information content (AvgIpc) is 2.73. The Morgan fingerprint density at radius 3 is 2.81 bits per heavy atom. The van der Waals surface area contributed by atoms with E-state index in [9.17, 15) is 0 Å². The van der Waals surface area contributed by atoms with Gasteiger partial charge in [0.1, 0.15) is 0 Å². The predicted octanol–water partition coefficient (Wildman–Crippen LogP) is 4.19. The Morgan fingerprint density at radius 2 is 2.00 bits per heavy atom. The minimum atomic E-state index is 0.639. The molecule has 0 aliphatic heterocycles. The summed E-state index contributed by atoms with van der Waals surface area (Å²) in [6.45, 7) is 0. The molecule has 0 saturated heterocycles. The van der Waals surface area contributed by atoms with Gasteiger partial charge in [0.2, 0.25) is 0 Å². The maximum Gasteiger partial charge on any atom is 0.0960 e. The van der Waals surface area contributed by atoms with Crippen LogP contribution < -0.4 is 0 Å². The molecule has 1 aromatic heterocycles. The number of halogens is 1. The van der Waals surface area contributed by atoms with Crippen molar-refractivity contribution in [2.75, 3.05) is 0 Å². The third kappa shape index (κ3) is 1.71. The molecular weight excluding hydrogens is 220 g/mol. The third-order valence-electron chi connectivity index (χ3n) is 3.50. The topological polar surface area (TPSA) is 17.8 Å². The summed E-state index contributed by atoms with van der Waals surface area (Å²) in [6, 6.07) is 6.61. The molecule has 0 N–H and O–H groups in total. The van der Waals surface area contributed by atoms with Crippen LogP contribution in [0.3, 0.4) is 0 Å². The molecule has 1 aromatic carbocycles. The monoisotopic (exact) mass is 234 g/mol. The highest BCUT2D eigenvalue weighted by atomic mass is 35.5. The molecule has 2 nitrogen and oxygen atoms in total. The van der Waals surface area contributed by atoms with Gasteiger partial charge in [-0.3, -0.25) is 0 Å². The lowest BCUT2D eigenvalue weighted by atomic mass is 9.95. The Hall–Kier alpha value is -1.02. The fourth-order valence-electron chi connectivity index (χ4n) is 2.66. The van der Waals surface area contributed by atoms with Gasteiger partial charge < -0.3 is 4.57 Å². The summed E-state index contributed by atoms with van der Waals surface area (Å²) in [5.74, 6) is 0. The predicted molar refractivity (Wildman–Crippen MR) is 66.9 cm³/mol. The number of aromatic nitrogens is 2. The molecule has 1 fully saturated rings. The van der Waals surface area contributed by atoms with Crippen LogP contribution in [0.4, 0.5) is 0 Å². The number of imidazole rings is 1. The van der Waals surface area contributed by atoms with Crippen molar-refractivity contribution < 1.29 is 0 Å². The normalized spacial score (nSPS) is 18.1. The largest absolute Gasteiger partial charge is 0.327 e. The van der Waals surface area contributed by atoms with Crippen molar-refractivity contribution in [1.82, 2.24) is 9.55 Å². The first-order valence-electron chi connectivity index (χ1n) is 5.97. The number of hydrogen-bond acceptors (Lipinski definition) is 1. The molecule has 0 atom stereocenters. The number of benzene rings is 1. The van der Waals surface area contributed by atoms with Crippen LogP contribution in [0, 0.1) is 0 Å². The van der Waals surface area contributed by atoms with Gasteiger partial charge in [0.25, 0.3) is 0 Å². The van der Waals surface area contributed by atoms with Gasteiger partial charge in [0, 0.05) is 11.1 Å². The minimum absolute atomic E-state index is 0.639. The van der Waals surface area contributed by atoms with Gasteiger partial charge in [-0.2, -0.15) is 0 Å². The van der Waals surface area contributed by atoms with Crippen molar-refractivity contribution >= 4 is 22.6 Å². The minimum Gasteiger partial charge on any atom is -0.327 e. The second kappa shape index (κ2) is 4.10. The molecule has 84 valence electrons. The van der Waals surface area contributed by atoms with E-state index < -0.39 is 0 Å². The van der Waals surface area contributed by atoms with Crippen LogP contribution in [0.1, 0.15) is 38.1 Å². The van der Waals surface area contributed by atoms with Gasteiger partial charge in [0.05, 0.1) is 17.4 Å². The number of nitrogens with zero attached hydrogens (tertiary/aromatic N) is 2. The average molecular weight is 235 g/mol. The van der Waals surface area contributed by atoms with E-state index in [1.54, 1.807) is 0 Å². The maximum absolute atomic E-state index is 5.96. The molecule has 1 saturated carbocycles. The van der Waals surface area contributed by atoms with Crippen LogP contribution in [0.25, 0.3) is 11.0 Å². The summed E-state index contributed by atoms with van der Waals surface area (Å²) in [6.07, 6.45) is 8.62. The summed E-state index contributed by atoms with van der Waals surface area (Å²) in [7, 11) is 0. The van der Waals surface area contributed by atoms with Crippen molar-refractivity contribution in [1.29, 1.82) is 0 Å². The van der Waals surface area contributed by atoms with E-state index >= 15 is 0 Å². The lowest BCUT2D eigenvalue weighted by molar-refractivity contribution is 0.359. The molecule has 2 aromatic rings. The first-order valence-corrected chi connectivity index (χ1v) is 6.34. The molecule has 1 aliphatic rings. The second-order valence-corrected chi connectivity index (χ2v) is 5.01. The Morgan fingerprint density at radius 1 is 1.19 bits per heavy atom. The van der Waals surface area contributed by atoms with Crippen LogP contribution >= 0.6 is 11.6 Å². The van der Waals surface area contributed by atoms with Gasteiger partial charge in [-0.15, -0.1) is 0 Å². The molecule has 0 amide bonds. The Labute approximate surface area is 100 Å². The van der Waals surface area contributed by atoms with Crippen molar-refractivity contribution in [3.05, 3.63) is 29.5 Å². The fourth-order valence-corrected chi connectivity index (χ4v) is 2.82. The van der Waals surface area contributed by atoms with E-state index in [0.717, 1.165) is 10.5 Å². The van der Waals surface area contributed by atoms with E-state index in [1.165, 1.54) is 37.6 Å². The van der Waals surface area contributed by atoms with Crippen molar-refractivity contribution in [2.24, 2.45) is 0 Å². The highest BCUT2D eigenvalue weighted by Gasteiger charge is 2.16. The fraction of sp³-hybridized carbons (Fsp3) is 0.462. The highest BCUT2D eigenvalue weighted by molar-refractivity contribution is 6.31. The van der Waals surface area contributed by atoms with E-state index in [4.69, 9.17) is 11.6 Å². The molecule has 0 unspecified atom stereocenters. The van der Waals surface area contributed by atoms with E-state index in [2.05, 4.69) is 15.6 Å². The molecular formula is C13H15ClN2. The first-order chi connectivity index (χ1) is 7.84. The molecule has 0 spiro atoms.